The fraction of sp³-hybridized carbons (Fsp3) is 0.647. The molecule has 0 spiro atoms. The van der Waals surface area contributed by atoms with Crippen LogP contribution in [0.15, 0.2) is 6.07 Å². The standard InChI is InChI=1S/C17H26N3O9P/c1-11-8-12(20(4)19-11)16(23)26-10-28-30(24)27-9-17(2,3)14(29-30)15(22)18-7-6-13(21)25-5/h8,14H,6-7,9-10H2,1-5H3,(H,18,22)/t14-,30?/m0/s1. The first-order valence-electron chi connectivity index (χ1n) is 9.07. The molecule has 1 unspecified atom stereocenters. The highest BCUT2D eigenvalue weighted by atomic mass is 31.2. The van der Waals surface area contributed by atoms with Gasteiger partial charge in [-0.2, -0.15) is 5.10 Å². The van der Waals surface area contributed by atoms with E-state index >= 15 is 0 Å². The summed E-state index contributed by atoms with van der Waals surface area (Å²) in [5.41, 5.74) is -0.0144. The summed E-state index contributed by atoms with van der Waals surface area (Å²) in [6.07, 6.45) is -1.20. The number of rotatable bonds is 8. The lowest BCUT2D eigenvalue weighted by Gasteiger charge is -2.39. The Bertz CT molecular complexity index is 852. The van der Waals surface area contributed by atoms with Crippen molar-refractivity contribution in [3.8, 4) is 0 Å². The van der Waals surface area contributed by atoms with Gasteiger partial charge in [-0.15, -0.1) is 0 Å². The molecule has 1 aromatic heterocycles. The summed E-state index contributed by atoms with van der Waals surface area (Å²) >= 11 is 0. The van der Waals surface area contributed by atoms with E-state index in [4.69, 9.17) is 18.3 Å². The second-order valence-corrected chi connectivity index (χ2v) is 8.91. The van der Waals surface area contributed by atoms with Crippen LogP contribution in [0.1, 0.15) is 36.5 Å². The predicted octanol–water partition coefficient (Wildman–Crippen LogP) is 1.09. The summed E-state index contributed by atoms with van der Waals surface area (Å²) in [6.45, 7) is 4.30. The second-order valence-electron chi connectivity index (χ2n) is 7.29. The van der Waals surface area contributed by atoms with E-state index in [0.717, 1.165) is 0 Å². The van der Waals surface area contributed by atoms with Crippen LogP contribution < -0.4 is 5.32 Å². The average Bonchev–Trinajstić information content (AvgIpc) is 3.02. The second kappa shape index (κ2) is 9.69. The van der Waals surface area contributed by atoms with Gasteiger partial charge in [-0.3, -0.25) is 23.3 Å². The highest BCUT2D eigenvalue weighted by molar-refractivity contribution is 7.48. The Labute approximate surface area is 173 Å². The van der Waals surface area contributed by atoms with Gasteiger partial charge in [-0.25, -0.2) is 13.9 Å². The average molecular weight is 447 g/mol. The quantitative estimate of drug-likeness (QED) is 0.349. The van der Waals surface area contributed by atoms with Crippen molar-refractivity contribution >= 4 is 25.7 Å². The highest BCUT2D eigenvalue weighted by Crippen LogP contribution is 2.57. The summed E-state index contributed by atoms with van der Waals surface area (Å²) in [5.74, 6) is -1.81. The summed E-state index contributed by atoms with van der Waals surface area (Å²) < 4.78 is 39.0. The zero-order valence-corrected chi connectivity index (χ0v) is 18.4. The number of nitrogens with one attached hydrogen (secondary N) is 1. The molecule has 0 aliphatic carbocycles. The van der Waals surface area contributed by atoms with Crippen molar-refractivity contribution in [1.29, 1.82) is 0 Å². The van der Waals surface area contributed by atoms with Gasteiger partial charge >= 0.3 is 19.8 Å². The molecule has 12 nitrogen and oxygen atoms in total. The van der Waals surface area contributed by atoms with Gasteiger partial charge in [0.1, 0.15) is 5.69 Å². The normalized spacial score (nSPS) is 22.9. The maximum Gasteiger partial charge on any atom is 0.478 e. The number of aromatic nitrogens is 2. The first-order valence-corrected chi connectivity index (χ1v) is 10.5. The van der Waals surface area contributed by atoms with Gasteiger partial charge in [0.05, 0.1) is 25.8 Å². The molecule has 1 N–H and O–H groups in total. The van der Waals surface area contributed by atoms with Crippen LogP contribution >= 0.6 is 7.82 Å². The van der Waals surface area contributed by atoms with Gasteiger partial charge < -0.3 is 14.8 Å². The number of hydrogen-bond donors (Lipinski definition) is 1. The summed E-state index contributed by atoms with van der Waals surface area (Å²) in [4.78, 5) is 35.7. The van der Waals surface area contributed by atoms with Crippen molar-refractivity contribution in [2.24, 2.45) is 12.5 Å². The van der Waals surface area contributed by atoms with Gasteiger partial charge in [-0.1, -0.05) is 13.8 Å². The topological polar surface area (TPSA) is 144 Å². The predicted molar refractivity (Wildman–Crippen MR) is 101 cm³/mol. The molecule has 1 fully saturated rings. The molecule has 2 heterocycles. The van der Waals surface area contributed by atoms with E-state index in [0.29, 0.717) is 5.69 Å². The third kappa shape index (κ3) is 6.11. The first kappa shape index (κ1) is 24.0. The number of phosphoric acid groups is 1. The van der Waals surface area contributed by atoms with E-state index < -0.39 is 44.0 Å². The molecule has 168 valence electrons. The fourth-order valence-electron chi connectivity index (χ4n) is 2.60. The maximum atomic E-state index is 12.7. The van der Waals surface area contributed by atoms with Crippen molar-refractivity contribution in [1.82, 2.24) is 15.1 Å². The molecule has 0 radical (unpaired) electrons. The van der Waals surface area contributed by atoms with E-state index in [-0.39, 0.29) is 25.3 Å². The van der Waals surface area contributed by atoms with Gasteiger partial charge in [0, 0.05) is 19.0 Å². The van der Waals surface area contributed by atoms with Crippen LogP contribution in [-0.2, 0) is 44.2 Å². The summed E-state index contributed by atoms with van der Waals surface area (Å²) in [7, 11) is -1.35. The molecule has 1 saturated heterocycles. The third-order valence-corrected chi connectivity index (χ3v) is 5.58. The Morgan fingerprint density at radius 1 is 1.40 bits per heavy atom. The lowest BCUT2D eigenvalue weighted by molar-refractivity contribution is -0.144. The van der Waals surface area contributed by atoms with Crippen molar-refractivity contribution < 1.29 is 42.0 Å². The van der Waals surface area contributed by atoms with E-state index in [2.05, 4.69) is 15.2 Å². The Hall–Kier alpha value is -2.27. The minimum Gasteiger partial charge on any atom is -0.469 e. The molecule has 1 aliphatic rings. The molecule has 0 aromatic carbocycles. The number of hydrogen-bond acceptors (Lipinski definition) is 10. The summed E-state index contributed by atoms with van der Waals surface area (Å²) in [5, 5.41) is 6.55. The molecule has 2 atom stereocenters. The lowest BCUT2D eigenvalue weighted by Crippen LogP contribution is -2.50. The maximum absolute atomic E-state index is 12.7. The Balaban J connectivity index is 1.92. The molecule has 1 aromatic rings. The summed E-state index contributed by atoms with van der Waals surface area (Å²) in [6, 6.07) is 1.52. The number of esters is 2. The number of methoxy groups -OCH3 is 1. The van der Waals surface area contributed by atoms with Gasteiger partial charge in [0.25, 0.3) is 0 Å². The van der Waals surface area contributed by atoms with E-state index in [1.807, 2.05) is 0 Å². The number of ether oxygens (including phenoxy) is 2. The Morgan fingerprint density at radius 3 is 2.70 bits per heavy atom. The fourth-order valence-corrected chi connectivity index (χ4v) is 4.10. The number of aryl methyl sites for hydroxylation is 2. The SMILES string of the molecule is COC(=O)CCNC(=O)[C@@H]1OP(=O)(OCOC(=O)c2cc(C)nn2C)OCC1(C)C. The molecular formula is C17H26N3O9P. The molecule has 13 heteroatoms. The first-order chi connectivity index (χ1) is 14.0. The molecule has 0 saturated carbocycles. The van der Waals surface area contributed by atoms with Crippen molar-refractivity contribution in [3.63, 3.8) is 0 Å². The van der Waals surface area contributed by atoms with E-state index in [1.165, 1.54) is 17.9 Å². The third-order valence-electron chi connectivity index (χ3n) is 4.25. The molecule has 0 bridgehead atoms. The molecule has 2 rings (SSSR count). The van der Waals surface area contributed by atoms with Crippen LogP contribution in [0.2, 0.25) is 0 Å². The van der Waals surface area contributed by atoms with Crippen LogP contribution in [0, 0.1) is 12.3 Å². The van der Waals surface area contributed by atoms with Crippen LogP contribution in [0.3, 0.4) is 0 Å². The minimum atomic E-state index is -4.17. The lowest BCUT2D eigenvalue weighted by atomic mass is 9.87. The van der Waals surface area contributed by atoms with Crippen LogP contribution in [0.4, 0.5) is 0 Å². The number of carbonyl (C=O) groups excluding carboxylic acids is 3. The molecular weight excluding hydrogens is 421 g/mol. The van der Waals surface area contributed by atoms with E-state index in [9.17, 15) is 18.9 Å². The van der Waals surface area contributed by atoms with Crippen molar-refractivity contribution in [2.45, 2.75) is 33.3 Å². The molecule has 1 amide bonds. The van der Waals surface area contributed by atoms with Crippen LogP contribution in [-0.4, -0.2) is 60.8 Å². The monoisotopic (exact) mass is 447 g/mol. The molecule has 1 aliphatic heterocycles. The zero-order chi connectivity index (χ0) is 22.5. The number of amides is 1. The van der Waals surface area contributed by atoms with Gasteiger partial charge in [-0.05, 0) is 13.0 Å². The smallest absolute Gasteiger partial charge is 0.469 e. The number of phosphoric ester groups is 1. The number of nitrogens with zero attached hydrogens (tertiary/aromatic N) is 2. The Kier molecular flexibility index (Phi) is 7.75. The number of carbonyl (C=O) groups is 3. The minimum absolute atomic E-state index is 0.0230. The molecule has 30 heavy (non-hydrogen) atoms. The van der Waals surface area contributed by atoms with Crippen molar-refractivity contribution in [3.05, 3.63) is 17.5 Å². The van der Waals surface area contributed by atoms with Gasteiger partial charge in [0.2, 0.25) is 12.7 Å². The van der Waals surface area contributed by atoms with E-state index in [1.54, 1.807) is 27.8 Å². The van der Waals surface area contributed by atoms with Crippen LogP contribution in [0.25, 0.3) is 0 Å². The zero-order valence-electron chi connectivity index (χ0n) is 17.5. The van der Waals surface area contributed by atoms with Crippen LogP contribution in [0.5, 0.6) is 0 Å². The van der Waals surface area contributed by atoms with Gasteiger partial charge in [0.15, 0.2) is 6.10 Å². The Morgan fingerprint density at radius 2 is 2.10 bits per heavy atom. The van der Waals surface area contributed by atoms with Crippen molar-refractivity contribution in [2.75, 3.05) is 27.1 Å². The highest BCUT2D eigenvalue weighted by Gasteiger charge is 2.49. The largest absolute Gasteiger partial charge is 0.478 e.